The van der Waals surface area contributed by atoms with Crippen LogP contribution in [0.25, 0.3) is 0 Å². The molecule has 0 bridgehead atoms. The lowest BCUT2D eigenvalue weighted by molar-refractivity contribution is -0.154. The maximum Gasteiger partial charge on any atom is 0.246 e. The van der Waals surface area contributed by atoms with Crippen molar-refractivity contribution in [1.82, 2.24) is 10.2 Å². The number of ether oxygens (including phenoxy) is 1. The van der Waals surface area contributed by atoms with Gasteiger partial charge >= 0.3 is 0 Å². The largest absolute Gasteiger partial charge is 0.376 e. The van der Waals surface area contributed by atoms with Gasteiger partial charge in [-0.15, -0.1) is 0 Å². The maximum atomic E-state index is 12.8. The van der Waals surface area contributed by atoms with E-state index < -0.39 is 0 Å². The molecule has 2 aliphatic heterocycles. The Morgan fingerprint density at radius 1 is 1.24 bits per heavy atom. The Bertz CT molecular complexity index is 414. The van der Waals surface area contributed by atoms with Crippen LogP contribution in [0.4, 0.5) is 0 Å². The van der Waals surface area contributed by atoms with Crippen molar-refractivity contribution >= 4 is 11.8 Å². The molecule has 2 heterocycles. The van der Waals surface area contributed by atoms with Crippen LogP contribution >= 0.6 is 0 Å². The Morgan fingerprint density at radius 2 is 2.00 bits per heavy atom. The summed E-state index contributed by atoms with van der Waals surface area (Å²) in [5.41, 5.74) is 0. The lowest BCUT2D eigenvalue weighted by Gasteiger charge is -2.42. The number of rotatable bonds is 4. The first-order chi connectivity index (χ1) is 10.1. The zero-order chi connectivity index (χ0) is 15.0. The van der Waals surface area contributed by atoms with E-state index in [2.05, 4.69) is 5.32 Å². The maximum absolute atomic E-state index is 12.8. The highest BCUT2D eigenvalue weighted by Crippen LogP contribution is 2.36. The van der Waals surface area contributed by atoms with Gasteiger partial charge in [-0.1, -0.05) is 13.8 Å². The van der Waals surface area contributed by atoms with Gasteiger partial charge in [0.15, 0.2) is 0 Å². The molecule has 2 amide bonds. The molecule has 3 atom stereocenters. The minimum atomic E-state index is -0.349. The number of hydrogen-bond donors (Lipinski definition) is 1. The monoisotopic (exact) mass is 294 g/mol. The molecule has 0 aromatic heterocycles. The minimum Gasteiger partial charge on any atom is -0.376 e. The van der Waals surface area contributed by atoms with E-state index in [4.69, 9.17) is 4.74 Å². The second kappa shape index (κ2) is 5.95. The second-order valence-electron chi connectivity index (χ2n) is 6.99. The van der Waals surface area contributed by atoms with E-state index in [0.29, 0.717) is 12.5 Å². The fourth-order valence-corrected chi connectivity index (χ4v) is 3.54. The number of carbonyl (C=O) groups is 2. The van der Waals surface area contributed by atoms with E-state index in [0.717, 1.165) is 38.7 Å². The summed E-state index contributed by atoms with van der Waals surface area (Å²) < 4.78 is 5.78. The van der Waals surface area contributed by atoms with Crippen molar-refractivity contribution in [2.75, 3.05) is 13.2 Å². The molecule has 2 saturated heterocycles. The molecule has 21 heavy (non-hydrogen) atoms. The predicted octanol–water partition coefficient (Wildman–Crippen LogP) is 1.32. The molecule has 0 aromatic carbocycles. The molecular weight excluding hydrogens is 268 g/mol. The first kappa shape index (κ1) is 14.8. The lowest BCUT2D eigenvalue weighted by Crippen LogP contribution is -2.66. The molecule has 1 N–H and O–H groups in total. The van der Waals surface area contributed by atoms with Gasteiger partial charge in [0.05, 0.1) is 6.10 Å². The Morgan fingerprint density at radius 3 is 2.57 bits per heavy atom. The van der Waals surface area contributed by atoms with E-state index in [1.54, 1.807) is 0 Å². The van der Waals surface area contributed by atoms with Crippen molar-refractivity contribution in [2.24, 2.45) is 11.8 Å². The molecule has 3 rings (SSSR count). The molecule has 5 nitrogen and oxygen atoms in total. The number of nitrogens with zero attached hydrogens (tertiary/aromatic N) is 1. The summed E-state index contributed by atoms with van der Waals surface area (Å²) >= 11 is 0. The fourth-order valence-electron chi connectivity index (χ4n) is 3.54. The molecule has 3 fully saturated rings. The summed E-state index contributed by atoms with van der Waals surface area (Å²) in [5.74, 6) is 0.587. The molecule has 0 radical (unpaired) electrons. The van der Waals surface area contributed by atoms with Gasteiger partial charge in [0.2, 0.25) is 11.8 Å². The van der Waals surface area contributed by atoms with Crippen molar-refractivity contribution < 1.29 is 14.3 Å². The fraction of sp³-hybridized carbons (Fsp3) is 0.875. The van der Waals surface area contributed by atoms with Crippen molar-refractivity contribution in [1.29, 1.82) is 0 Å². The van der Waals surface area contributed by atoms with Crippen LogP contribution in [0.2, 0.25) is 0 Å². The third kappa shape index (κ3) is 3.07. The van der Waals surface area contributed by atoms with E-state index in [1.165, 1.54) is 0 Å². The SMILES string of the molecule is CC(C)C1C(=O)NC(C2CC2)C(=O)N1CC1CCCCO1. The van der Waals surface area contributed by atoms with Gasteiger partial charge in [0.1, 0.15) is 12.1 Å². The van der Waals surface area contributed by atoms with Crippen molar-refractivity contribution in [3.05, 3.63) is 0 Å². The predicted molar refractivity (Wildman–Crippen MR) is 78.6 cm³/mol. The second-order valence-corrected chi connectivity index (χ2v) is 6.99. The molecule has 3 aliphatic rings. The number of carbonyl (C=O) groups excluding carboxylic acids is 2. The molecule has 0 aromatic rings. The Kier molecular flexibility index (Phi) is 4.20. The van der Waals surface area contributed by atoms with Crippen LogP contribution < -0.4 is 5.32 Å². The Labute approximate surface area is 126 Å². The van der Waals surface area contributed by atoms with Gasteiger partial charge < -0.3 is 15.0 Å². The molecule has 0 spiro atoms. The van der Waals surface area contributed by atoms with Crippen LogP contribution in [0.1, 0.15) is 46.0 Å². The van der Waals surface area contributed by atoms with Crippen molar-refractivity contribution in [2.45, 2.75) is 64.1 Å². The third-order valence-corrected chi connectivity index (χ3v) is 4.85. The third-order valence-electron chi connectivity index (χ3n) is 4.85. The van der Waals surface area contributed by atoms with Crippen LogP contribution in [0, 0.1) is 11.8 Å². The number of amides is 2. The zero-order valence-corrected chi connectivity index (χ0v) is 13.0. The van der Waals surface area contributed by atoms with Crippen molar-refractivity contribution in [3.63, 3.8) is 0 Å². The average Bonchev–Trinajstić information content (AvgIpc) is 3.27. The van der Waals surface area contributed by atoms with Crippen LogP contribution in [0.5, 0.6) is 0 Å². The van der Waals surface area contributed by atoms with Gasteiger partial charge in [-0.05, 0) is 43.9 Å². The topological polar surface area (TPSA) is 58.6 Å². The van der Waals surface area contributed by atoms with Gasteiger partial charge in [-0.2, -0.15) is 0 Å². The summed E-state index contributed by atoms with van der Waals surface area (Å²) in [6.45, 7) is 5.35. The Hall–Kier alpha value is -1.10. The molecule has 5 heteroatoms. The zero-order valence-electron chi connectivity index (χ0n) is 13.0. The highest BCUT2D eigenvalue weighted by molar-refractivity contribution is 5.97. The summed E-state index contributed by atoms with van der Waals surface area (Å²) in [6.07, 6.45) is 5.44. The smallest absolute Gasteiger partial charge is 0.246 e. The number of piperazine rings is 1. The summed E-state index contributed by atoms with van der Waals surface area (Å²) in [6, 6.07) is -0.644. The normalized spacial score (nSPS) is 34.2. The van der Waals surface area contributed by atoms with Gasteiger partial charge in [0, 0.05) is 13.2 Å². The minimum absolute atomic E-state index is 0.0114. The molecule has 1 aliphatic carbocycles. The van der Waals surface area contributed by atoms with Crippen LogP contribution in [0.3, 0.4) is 0 Å². The average molecular weight is 294 g/mol. The summed E-state index contributed by atoms with van der Waals surface area (Å²) in [4.78, 5) is 27.0. The highest BCUT2D eigenvalue weighted by Gasteiger charge is 2.48. The van der Waals surface area contributed by atoms with Gasteiger partial charge in [-0.25, -0.2) is 0 Å². The molecule has 3 unspecified atom stereocenters. The summed E-state index contributed by atoms with van der Waals surface area (Å²) in [5, 5.41) is 2.96. The molecule has 118 valence electrons. The standard InChI is InChI=1S/C16H26N2O3/c1-10(2)14-15(19)17-13(11-6-7-11)16(20)18(14)9-12-5-3-4-8-21-12/h10-14H,3-9H2,1-2H3,(H,17,19). The van der Waals surface area contributed by atoms with E-state index >= 15 is 0 Å². The molecule has 1 saturated carbocycles. The first-order valence-electron chi connectivity index (χ1n) is 8.30. The number of nitrogens with one attached hydrogen (secondary N) is 1. The quantitative estimate of drug-likeness (QED) is 0.850. The lowest BCUT2D eigenvalue weighted by atomic mass is 9.94. The molecular formula is C16H26N2O3. The first-order valence-corrected chi connectivity index (χ1v) is 8.30. The van der Waals surface area contributed by atoms with Crippen LogP contribution in [0.15, 0.2) is 0 Å². The number of hydrogen-bond acceptors (Lipinski definition) is 3. The Balaban J connectivity index is 1.75. The summed E-state index contributed by atoms with van der Waals surface area (Å²) in [7, 11) is 0. The van der Waals surface area contributed by atoms with Crippen molar-refractivity contribution in [3.8, 4) is 0 Å². The highest BCUT2D eigenvalue weighted by atomic mass is 16.5. The van der Waals surface area contributed by atoms with Crippen LogP contribution in [-0.4, -0.2) is 48.1 Å². The van der Waals surface area contributed by atoms with Crippen LogP contribution in [-0.2, 0) is 14.3 Å². The van der Waals surface area contributed by atoms with E-state index in [1.807, 2.05) is 18.7 Å². The van der Waals surface area contributed by atoms with E-state index in [9.17, 15) is 9.59 Å². The van der Waals surface area contributed by atoms with Gasteiger partial charge in [0.25, 0.3) is 0 Å². The van der Waals surface area contributed by atoms with Gasteiger partial charge in [-0.3, -0.25) is 9.59 Å². The van der Waals surface area contributed by atoms with E-state index in [-0.39, 0.29) is 35.9 Å².